The molecule has 0 aliphatic rings. The maximum absolute atomic E-state index is 8.81. The molecule has 0 radical (unpaired) electrons. The van der Waals surface area contributed by atoms with Crippen molar-refractivity contribution in [1.29, 1.82) is 0 Å². The molecule has 0 saturated heterocycles. The first kappa shape index (κ1) is 78.8. The molecule has 0 amide bonds. The Hall–Kier alpha value is -0.290. The molecule has 1 aromatic heterocycles. The number of aromatic nitrogens is 2. The van der Waals surface area contributed by atoms with Gasteiger partial charge in [-0.25, -0.2) is 11.6 Å². The second kappa shape index (κ2) is 96.9. The van der Waals surface area contributed by atoms with E-state index >= 15 is 0 Å². The molecular formula is C20H50Cl3N6NaO9S4. The van der Waals surface area contributed by atoms with Crippen LogP contribution in [0.3, 0.4) is 0 Å². The molecule has 1 aromatic rings. The average molecular weight is 776 g/mol. The van der Waals surface area contributed by atoms with E-state index in [1.54, 1.807) is 38.8 Å². The summed E-state index contributed by atoms with van der Waals surface area (Å²) in [5, 5.41) is 38.6. The fraction of sp³-hybridized carbons (Fsp3) is 0.650. The number of aryl methyl sites for hydroxylation is 1. The van der Waals surface area contributed by atoms with E-state index < -0.39 is 10.6 Å². The molecule has 0 fully saturated rings. The van der Waals surface area contributed by atoms with Crippen molar-refractivity contribution in [3.05, 3.63) is 12.4 Å². The van der Waals surface area contributed by atoms with Gasteiger partial charge in [0.15, 0.2) is 4.34 Å². The van der Waals surface area contributed by atoms with Crippen molar-refractivity contribution in [2.45, 2.75) is 74.6 Å². The Morgan fingerprint density at radius 2 is 1.40 bits per heavy atom. The van der Waals surface area contributed by atoms with Crippen molar-refractivity contribution in [2.24, 2.45) is 15.5 Å². The number of hydrogen-bond acceptors (Lipinski definition) is 18. The van der Waals surface area contributed by atoms with Crippen LogP contribution in [0.4, 0.5) is 0 Å². The Bertz CT molecular complexity index is 736. The molecule has 0 aromatic carbocycles. The predicted octanol–water partition coefficient (Wildman–Crippen LogP) is 3.98. The largest absolute Gasteiger partial charge is 1.00 e. The zero-order valence-electron chi connectivity index (χ0n) is 25.1. The number of halogens is 3. The summed E-state index contributed by atoms with van der Waals surface area (Å²) in [7, 11) is -1.66. The van der Waals surface area contributed by atoms with Gasteiger partial charge in [0.05, 0.1) is 0 Å². The number of hydrogen-bond donors (Lipinski definition) is 6. The monoisotopic (exact) mass is 774 g/mol. The molecule has 0 unspecified atom stereocenters. The van der Waals surface area contributed by atoms with Gasteiger partial charge in [-0.15, -0.1) is 22.8 Å². The molecule has 0 bridgehead atoms. The minimum absolute atomic E-state index is 0. The number of thiol groups is 1. The van der Waals surface area contributed by atoms with Gasteiger partial charge in [-0.3, -0.25) is 0 Å². The van der Waals surface area contributed by atoms with Crippen molar-refractivity contribution in [1.82, 2.24) is 14.4 Å². The molecule has 0 aliphatic heterocycles. The summed E-state index contributed by atoms with van der Waals surface area (Å²) in [4.78, 5) is 18.4. The SMILES string of the molecule is C.C.CC.CC(Cl)=NO.CC=NO.CC=O.CO/N=C(/C)Cl.CS.CSc1nc(C)ns1.C[CH-]O.O=S(=O)=O.ONCl.[Na+]. The first-order valence-electron chi connectivity index (χ1n) is 9.83. The molecule has 0 saturated carbocycles. The smallest absolute Gasteiger partial charge is 0.566 e. The van der Waals surface area contributed by atoms with Crippen molar-refractivity contribution in [2.75, 3.05) is 19.6 Å². The van der Waals surface area contributed by atoms with E-state index in [2.05, 4.69) is 54.1 Å². The number of nitrogens with one attached hydrogen (secondary N) is 1. The molecular weight excluding hydrogens is 726 g/mol. The van der Waals surface area contributed by atoms with Gasteiger partial charge in [0.2, 0.25) is 0 Å². The number of carbonyl (C=O) groups is 1. The van der Waals surface area contributed by atoms with Crippen LogP contribution in [-0.2, 0) is 20.2 Å². The second-order valence-electron chi connectivity index (χ2n) is 3.84. The number of aliphatic hydroxyl groups excluding tert-OH is 1. The second-order valence-corrected chi connectivity index (χ2v) is 7.31. The summed E-state index contributed by atoms with van der Waals surface area (Å²) in [6.45, 7) is 14.7. The summed E-state index contributed by atoms with van der Waals surface area (Å²) in [5.74, 6) is 0.874. The maximum Gasteiger partial charge on any atom is 1.00 e. The number of aldehydes is 1. The zero-order valence-corrected chi connectivity index (χ0v) is 32.7. The summed E-state index contributed by atoms with van der Waals surface area (Å²) >= 11 is 21.1. The number of nitrogens with zero attached hydrogens (tertiary/aromatic N) is 5. The van der Waals surface area contributed by atoms with Crippen LogP contribution in [0.1, 0.15) is 69.1 Å². The summed E-state index contributed by atoms with van der Waals surface area (Å²) in [5.41, 5.74) is 0. The van der Waals surface area contributed by atoms with Gasteiger partial charge < -0.3 is 30.4 Å². The van der Waals surface area contributed by atoms with Gasteiger partial charge >= 0.3 is 40.2 Å². The van der Waals surface area contributed by atoms with Gasteiger partial charge in [-0.1, -0.05) is 74.0 Å². The first-order chi connectivity index (χ1) is 18.8. The number of carbonyl (C=O) groups excluding carboxylic acids is 1. The Morgan fingerprint density at radius 1 is 1.14 bits per heavy atom. The van der Waals surface area contributed by atoms with E-state index in [1.165, 1.54) is 43.7 Å². The Labute approximate surface area is 310 Å². The van der Waals surface area contributed by atoms with E-state index in [4.69, 9.17) is 61.4 Å². The van der Waals surface area contributed by atoms with Crippen LogP contribution in [0.25, 0.3) is 0 Å². The van der Waals surface area contributed by atoms with E-state index in [1.807, 2.05) is 27.0 Å². The maximum atomic E-state index is 8.81. The molecule has 43 heavy (non-hydrogen) atoms. The molecule has 1 rings (SSSR count). The normalized spacial score (nSPS) is 7.65. The number of thioether (sulfide) groups is 1. The third kappa shape index (κ3) is 236. The molecule has 0 atom stereocenters. The Balaban J connectivity index is -0.0000000255. The van der Waals surface area contributed by atoms with E-state index in [-0.39, 0.29) is 49.6 Å². The Morgan fingerprint density at radius 3 is 1.44 bits per heavy atom. The average Bonchev–Trinajstić information content (AvgIpc) is 3.34. The van der Waals surface area contributed by atoms with Crippen LogP contribution in [-0.4, -0.2) is 85.2 Å². The molecule has 15 nitrogen and oxygen atoms in total. The van der Waals surface area contributed by atoms with Crippen LogP contribution in [0.15, 0.2) is 19.8 Å². The van der Waals surface area contributed by atoms with Gasteiger partial charge in [-0.2, -0.15) is 23.9 Å². The first-order valence-corrected chi connectivity index (χ1v) is 14.9. The third-order valence-corrected chi connectivity index (χ3v) is 3.07. The fourth-order valence-corrected chi connectivity index (χ4v) is 1.61. The van der Waals surface area contributed by atoms with Crippen molar-refractivity contribution in [3.63, 3.8) is 0 Å². The predicted molar refractivity (Wildman–Crippen MR) is 183 cm³/mol. The van der Waals surface area contributed by atoms with Crippen molar-refractivity contribution in [3.8, 4) is 0 Å². The molecule has 5 N–H and O–H groups in total. The van der Waals surface area contributed by atoms with E-state index in [0.29, 0.717) is 5.17 Å². The standard InChI is InChI=1S/C4H6N2S2.C3H6ClNO.C2H4ClNO.C2H5NO.C2H5O.C2H4O.C2H6.CH4S.2CH4.ClH2NO.Na.O3S/c1-3-5-4(7-2)8-6-3;1-3(4)5-6-2;1-2(3)4-5;1-2-3-4;2*1-2-3;2*1-2;;;1-2-3;;1-4(2)3/h1-2H3;1-2H3;5H,1H3;2,4H,1H3;2-3H,1H3;2H,1H3;1-2H3;2H,1H3;2*1H4;2-3H;;/q;;;;-1;;;;;;;+1;/b;5-3-;;;;;;;;;;;. The van der Waals surface area contributed by atoms with Crippen LogP contribution >= 0.6 is 70.9 Å². The minimum Gasteiger partial charge on any atom is -0.566 e. The van der Waals surface area contributed by atoms with Crippen molar-refractivity contribution >= 4 is 104 Å². The van der Waals surface area contributed by atoms with Gasteiger partial charge in [0.25, 0.3) is 0 Å². The minimum atomic E-state index is -3.11. The molecule has 0 spiro atoms. The fourth-order valence-electron chi connectivity index (χ4n) is 0.487. The van der Waals surface area contributed by atoms with Crippen LogP contribution in [0.2, 0.25) is 0 Å². The number of rotatable bonds is 2. The Kier molecular flexibility index (Phi) is 178. The third-order valence-electron chi connectivity index (χ3n) is 1.15. The molecule has 260 valence electrons. The van der Waals surface area contributed by atoms with E-state index in [0.717, 1.165) is 23.1 Å². The van der Waals surface area contributed by atoms with Crippen LogP contribution in [0, 0.1) is 13.5 Å². The molecule has 1 heterocycles. The topological polar surface area (TPSA) is 233 Å². The van der Waals surface area contributed by atoms with Crippen molar-refractivity contribution < 1.29 is 72.5 Å². The molecule has 23 heteroatoms. The molecule has 0 aliphatic carbocycles. The quantitative estimate of drug-likeness (QED) is 0.0288. The summed E-state index contributed by atoms with van der Waals surface area (Å²) in [6, 6.07) is 0. The zero-order chi connectivity index (χ0) is 34.4. The van der Waals surface area contributed by atoms with Gasteiger partial charge in [-0.05, 0) is 58.7 Å². The van der Waals surface area contributed by atoms with Gasteiger partial charge in [0, 0.05) is 18.0 Å². The van der Waals surface area contributed by atoms with E-state index in [9.17, 15) is 0 Å². The number of oxime groups is 3. The summed E-state index contributed by atoms with van der Waals surface area (Å²) < 4.78 is 30.4. The summed E-state index contributed by atoms with van der Waals surface area (Å²) in [6.07, 6.45) is 5.75. The van der Waals surface area contributed by atoms with Crippen LogP contribution < -0.4 is 34.6 Å². The van der Waals surface area contributed by atoms with Gasteiger partial charge in [0.1, 0.15) is 29.6 Å². The number of aliphatic hydroxyl groups is 1. The van der Waals surface area contributed by atoms with Crippen LogP contribution in [0.5, 0.6) is 0 Å².